The molecule has 0 aliphatic rings. The molecule has 0 aliphatic carbocycles. The molecule has 0 atom stereocenters. The maximum atomic E-state index is 2.44. The van der Waals surface area contributed by atoms with E-state index in [-0.39, 0.29) is 17.9 Å². The molecule has 0 saturated carbocycles. The van der Waals surface area contributed by atoms with E-state index in [1.807, 2.05) is 0 Å². The Kier molecular flexibility index (Phi) is 6.43. The van der Waals surface area contributed by atoms with Crippen LogP contribution < -0.4 is 17.0 Å². The van der Waals surface area contributed by atoms with Gasteiger partial charge in [0.15, 0.2) is 0 Å². The number of benzene rings is 3. The number of halogens is 2. The SMILES string of the molecule is CCn1cc[n+](Cc2c3ccccc3cc3ccccc23)c1I.O.[Cl-]. The van der Waals surface area contributed by atoms with Crippen LogP contribution in [0.4, 0.5) is 0 Å². The summed E-state index contributed by atoms with van der Waals surface area (Å²) in [7, 11) is 0. The minimum atomic E-state index is 0. The highest BCUT2D eigenvalue weighted by Gasteiger charge is 2.16. The van der Waals surface area contributed by atoms with Crippen molar-refractivity contribution in [2.75, 3.05) is 0 Å². The molecule has 1 aromatic heterocycles. The van der Waals surface area contributed by atoms with E-state index in [1.165, 1.54) is 30.9 Å². The normalized spacial score (nSPS) is 10.5. The van der Waals surface area contributed by atoms with Gasteiger partial charge in [0, 0.05) is 5.56 Å². The van der Waals surface area contributed by atoms with Crippen molar-refractivity contribution >= 4 is 44.1 Å². The minimum absolute atomic E-state index is 0. The molecule has 0 unspecified atom stereocenters. The summed E-state index contributed by atoms with van der Waals surface area (Å²) in [6, 6.07) is 19.7. The van der Waals surface area contributed by atoms with E-state index in [2.05, 4.69) is 106 Å². The Balaban J connectivity index is 0.00000113. The quantitative estimate of drug-likeness (QED) is 0.245. The number of aromatic nitrogens is 2. The predicted molar refractivity (Wildman–Crippen MR) is 107 cm³/mol. The van der Waals surface area contributed by atoms with Crippen molar-refractivity contribution in [1.29, 1.82) is 0 Å². The van der Waals surface area contributed by atoms with Crippen LogP contribution in [0.2, 0.25) is 0 Å². The summed E-state index contributed by atoms with van der Waals surface area (Å²) in [4.78, 5) is 0. The molecule has 25 heavy (non-hydrogen) atoms. The molecule has 0 saturated heterocycles. The molecular weight excluding hydrogens is 447 g/mol. The van der Waals surface area contributed by atoms with Gasteiger partial charge in [0.1, 0.15) is 18.9 Å². The third-order valence-corrected chi connectivity index (χ3v) is 5.69. The standard InChI is InChI=1S/C20H18IN2.ClH.H2O/c1-2-22-11-12-23(20(22)21)14-19-17-9-5-3-7-15(17)13-16-8-4-6-10-18(16)19;;/h3-13H,2,14H2,1H3;1H;1H2/q+1;;/p-1. The van der Waals surface area contributed by atoms with Gasteiger partial charge in [-0.2, -0.15) is 0 Å². The van der Waals surface area contributed by atoms with Crippen LogP contribution in [0.15, 0.2) is 67.0 Å². The first-order chi connectivity index (χ1) is 11.3. The average molecular weight is 467 g/mol. The van der Waals surface area contributed by atoms with Gasteiger partial charge in [0.05, 0.1) is 29.1 Å². The first kappa shape index (κ1) is 19.7. The second-order valence-corrected chi connectivity index (χ2v) is 6.74. The van der Waals surface area contributed by atoms with Gasteiger partial charge >= 0.3 is 3.83 Å². The third-order valence-electron chi connectivity index (χ3n) is 4.45. The van der Waals surface area contributed by atoms with Crippen LogP contribution in [0.25, 0.3) is 21.5 Å². The highest BCUT2D eigenvalue weighted by molar-refractivity contribution is 14.1. The van der Waals surface area contributed by atoms with E-state index >= 15 is 0 Å². The maximum absolute atomic E-state index is 2.44. The van der Waals surface area contributed by atoms with Crippen LogP contribution in [-0.4, -0.2) is 10.0 Å². The number of nitrogens with zero attached hydrogens (tertiary/aromatic N) is 2. The van der Waals surface area contributed by atoms with E-state index in [1.54, 1.807) is 0 Å². The van der Waals surface area contributed by atoms with Gasteiger partial charge in [-0.05, 0) is 34.5 Å². The fraction of sp³-hybridized carbons (Fsp3) is 0.150. The van der Waals surface area contributed by atoms with Gasteiger partial charge in [0.25, 0.3) is 0 Å². The largest absolute Gasteiger partial charge is 1.00 e. The van der Waals surface area contributed by atoms with Crippen LogP contribution in [0.1, 0.15) is 12.5 Å². The van der Waals surface area contributed by atoms with Gasteiger partial charge in [-0.1, -0.05) is 48.5 Å². The lowest BCUT2D eigenvalue weighted by molar-refractivity contribution is -0.700. The lowest BCUT2D eigenvalue weighted by Gasteiger charge is -2.10. The van der Waals surface area contributed by atoms with Crippen molar-refractivity contribution < 1.29 is 22.5 Å². The zero-order valence-corrected chi connectivity index (χ0v) is 16.8. The van der Waals surface area contributed by atoms with Crippen molar-refractivity contribution in [2.24, 2.45) is 0 Å². The molecule has 3 aromatic carbocycles. The van der Waals surface area contributed by atoms with Crippen LogP contribution in [0.5, 0.6) is 0 Å². The molecule has 4 rings (SSSR count). The van der Waals surface area contributed by atoms with Crippen LogP contribution in [0, 0.1) is 3.83 Å². The molecule has 0 spiro atoms. The fourth-order valence-electron chi connectivity index (χ4n) is 3.25. The molecule has 3 nitrogen and oxygen atoms in total. The van der Waals surface area contributed by atoms with Crippen LogP contribution >= 0.6 is 22.6 Å². The third kappa shape index (κ3) is 3.52. The zero-order valence-electron chi connectivity index (χ0n) is 13.9. The molecule has 0 amide bonds. The molecule has 0 fully saturated rings. The first-order valence-corrected chi connectivity index (χ1v) is 8.99. The summed E-state index contributed by atoms with van der Waals surface area (Å²) in [6.45, 7) is 4.08. The summed E-state index contributed by atoms with van der Waals surface area (Å²) in [5.74, 6) is 0. The van der Waals surface area contributed by atoms with Crippen molar-refractivity contribution in [3.63, 3.8) is 0 Å². The van der Waals surface area contributed by atoms with Crippen molar-refractivity contribution in [3.8, 4) is 0 Å². The Bertz CT molecular complexity index is 959. The molecular formula is C20H20ClIN2O. The van der Waals surface area contributed by atoms with Crippen LogP contribution in [-0.2, 0) is 13.1 Å². The smallest absolute Gasteiger partial charge is 0.317 e. The van der Waals surface area contributed by atoms with Crippen molar-refractivity contribution in [1.82, 2.24) is 4.57 Å². The van der Waals surface area contributed by atoms with Gasteiger partial charge in [-0.15, -0.1) is 0 Å². The number of hydrogen-bond acceptors (Lipinski definition) is 0. The minimum Gasteiger partial charge on any atom is -1.00 e. The molecule has 5 heteroatoms. The second-order valence-electron chi connectivity index (χ2n) is 5.78. The second kappa shape index (κ2) is 8.17. The monoisotopic (exact) mass is 466 g/mol. The van der Waals surface area contributed by atoms with Crippen molar-refractivity contribution in [3.05, 3.63) is 76.4 Å². The summed E-state index contributed by atoms with van der Waals surface area (Å²) in [5, 5.41) is 5.32. The lowest BCUT2D eigenvalue weighted by Crippen LogP contribution is -3.00. The van der Waals surface area contributed by atoms with Gasteiger partial charge in [-0.25, -0.2) is 9.13 Å². The molecule has 0 radical (unpaired) electrons. The highest BCUT2D eigenvalue weighted by Crippen LogP contribution is 2.28. The Labute approximate surface area is 167 Å². The molecule has 0 aliphatic heterocycles. The average Bonchev–Trinajstić information content (AvgIpc) is 2.94. The number of imidazole rings is 1. The Morgan fingerprint density at radius 2 is 1.52 bits per heavy atom. The Hall–Kier alpha value is -1.63. The fourth-order valence-corrected chi connectivity index (χ4v) is 4.08. The number of fused-ring (bicyclic) bond motifs is 2. The van der Waals surface area contributed by atoms with Gasteiger partial charge < -0.3 is 17.9 Å². The zero-order chi connectivity index (χ0) is 15.8. The molecule has 1 heterocycles. The number of aryl methyl sites for hydroxylation is 1. The van der Waals surface area contributed by atoms with E-state index in [0.29, 0.717) is 0 Å². The van der Waals surface area contributed by atoms with Crippen molar-refractivity contribution in [2.45, 2.75) is 20.0 Å². The van der Waals surface area contributed by atoms with Crippen LogP contribution in [0.3, 0.4) is 0 Å². The molecule has 130 valence electrons. The number of rotatable bonds is 3. The van der Waals surface area contributed by atoms with E-state index in [4.69, 9.17) is 0 Å². The molecule has 2 N–H and O–H groups in total. The predicted octanol–water partition coefficient (Wildman–Crippen LogP) is 0.934. The summed E-state index contributed by atoms with van der Waals surface area (Å²) >= 11 is 2.44. The van der Waals surface area contributed by atoms with Gasteiger partial charge in [0.2, 0.25) is 0 Å². The van der Waals surface area contributed by atoms with Gasteiger partial charge in [-0.3, -0.25) is 0 Å². The molecule has 4 aromatic rings. The van der Waals surface area contributed by atoms with E-state index < -0.39 is 0 Å². The Morgan fingerprint density at radius 1 is 0.960 bits per heavy atom. The summed E-state index contributed by atoms with van der Waals surface area (Å²) in [5.41, 5.74) is 1.40. The summed E-state index contributed by atoms with van der Waals surface area (Å²) in [6.07, 6.45) is 4.34. The Morgan fingerprint density at radius 3 is 2.04 bits per heavy atom. The van der Waals surface area contributed by atoms with E-state index in [0.717, 1.165) is 13.1 Å². The molecule has 0 bridgehead atoms. The highest BCUT2D eigenvalue weighted by atomic mass is 127. The van der Waals surface area contributed by atoms with E-state index in [9.17, 15) is 0 Å². The topological polar surface area (TPSA) is 40.3 Å². The summed E-state index contributed by atoms with van der Waals surface area (Å²) < 4.78 is 5.87. The first-order valence-electron chi connectivity index (χ1n) is 7.91. The maximum Gasteiger partial charge on any atom is 0.317 e. The number of hydrogen-bond donors (Lipinski definition) is 0. The lowest BCUT2D eigenvalue weighted by atomic mass is 9.97.